The second-order valence-corrected chi connectivity index (χ2v) is 4.55. The van der Waals surface area contributed by atoms with Gasteiger partial charge in [-0.05, 0) is 18.3 Å². The van der Waals surface area contributed by atoms with Crippen LogP contribution in [0, 0.1) is 5.41 Å². The summed E-state index contributed by atoms with van der Waals surface area (Å²) in [5.41, 5.74) is -0.0596. The van der Waals surface area contributed by atoms with E-state index in [0.717, 1.165) is 5.06 Å². The number of hydroxylamine groups is 2. The van der Waals surface area contributed by atoms with Crippen molar-refractivity contribution in [2.24, 2.45) is 5.41 Å². The first-order valence-corrected chi connectivity index (χ1v) is 5.30. The van der Waals surface area contributed by atoms with E-state index in [9.17, 15) is 18.0 Å². The van der Waals surface area contributed by atoms with Gasteiger partial charge in [-0.15, -0.1) is 5.06 Å². The molecule has 1 heterocycles. The first-order valence-electron chi connectivity index (χ1n) is 5.30. The minimum atomic E-state index is -4.94. The SMILES string of the molecule is COCC1(C)CCN(OC(=O)C(F)(F)F)CC1. The number of halogens is 3. The topological polar surface area (TPSA) is 38.8 Å². The predicted molar refractivity (Wildman–Crippen MR) is 52.9 cm³/mol. The van der Waals surface area contributed by atoms with Gasteiger partial charge in [-0.1, -0.05) is 6.92 Å². The van der Waals surface area contributed by atoms with Crippen LogP contribution in [-0.4, -0.2) is 44.0 Å². The van der Waals surface area contributed by atoms with Crippen molar-refractivity contribution in [3.05, 3.63) is 0 Å². The summed E-state index contributed by atoms with van der Waals surface area (Å²) in [7, 11) is 1.58. The molecule has 1 aliphatic rings. The lowest BCUT2D eigenvalue weighted by Crippen LogP contribution is -2.43. The van der Waals surface area contributed by atoms with Crippen LogP contribution in [0.2, 0.25) is 0 Å². The zero-order valence-corrected chi connectivity index (χ0v) is 9.84. The number of ether oxygens (including phenoxy) is 1. The van der Waals surface area contributed by atoms with Crippen molar-refractivity contribution in [1.82, 2.24) is 5.06 Å². The third kappa shape index (κ3) is 4.16. The maximum Gasteiger partial charge on any atom is 0.492 e. The molecule has 0 unspecified atom stereocenters. The van der Waals surface area contributed by atoms with Crippen molar-refractivity contribution < 1.29 is 27.5 Å². The average molecular weight is 255 g/mol. The molecule has 1 rings (SSSR count). The number of carbonyl (C=O) groups excluding carboxylic acids is 1. The number of piperidine rings is 1. The molecule has 0 spiro atoms. The van der Waals surface area contributed by atoms with Crippen molar-refractivity contribution >= 4 is 5.97 Å². The maximum absolute atomic E-state index is 12.0. The van der Waals surface area contributed by atoms with E-state index in [0.29, 0.717) is 32.5 Å². The Kier molecular flexibility index (Phi) is 4.37. The molecule has 0 radical (unpaired) electrons. The summed E-state index contributed by atoms with van der Waals surface area (Å²) < 4.78 is 40.9. The molecule has 0 saturated carbocycles. The zero-order valence-electron chi connectivity index (χ0n) is 9.84. The van der Waals surface area contributed by atoms with Crippen LogP contribution in [0.3, 0.4) is 0 Å². The Morgan fingerprint density at radius 3 is 2.29 bits per heavy atom. The first kappa shape index (κ1) is 14.2. The molecule has 0 aromatic rings. The van der Waals surface area contributed by atoms with E-state index >= 15 is 0 Å². The van der Waals surface area contributed by atoms with Gasteiger partial charge < -0.3 is 9.57 Å². The van der Waals surface area contributed by atoms with Gasteiger partial charge in [0.1, 0.15) is 0 Å². The molecule has 7 heteroatoms. The number of alkyl halides is 3. The van der Waals surface area contributed by atoms with Crippen LogP contribution >= 0.6 is 0 Å². The number of rotatable bonds is 3. The Balaban J connectivity index is 2.40. The third-order valence-corrected chi connectivity index (χ3v) is 2.87. The fourth-order valence-electron chi connectivity index (χ4n) is 1.78. The average Bonchev–Trinajstić information content (AvgIpc) is 2.20. The molecule has 17 heavy (non-hydrogen) atoms. The van der Waals surface area contributed by atoms with E-state index in [1.54, 1.807) is 7.11 Å². The van der Waals surface area contributed by atoms with Crippen molar-refractivity contribution in [3.63, 3.8) is 0 Å². The number of nitrogens with zero attached hydrogens (tertiary/aromatic N) is 1. The van der Waals surface area contributed by atoms with Gasteiger partial charge in [-0.25, -0.2) is 4.79 Å². The largest absolute Gasteiger partial charge is 0.492 e. The van der Waals surface area contributed by atoms with Crippen LogP contribution in [0.15, 0.2) is 0 Å². The first-order chi connectivity index (χ1) is 7.77. The monoisotopic (exact) mass is 255 g/mol. The molecule has 4 nitrogen and oxygen atoms in total. The Morgan fingerprint density at radius 1 is 1.35 bits per heavy atom. The van der Waals surface area contributed by atoms with Crippen LogP contribution in [-0.2, 0) is 14.4 Å². The summed E-state index contributed by atoms with van der Waals surface area (Å²) in [5.74, 6) is -2.16. The van der Waals surface area contributed by atoms with Gasteiger partial charge in [0.2, 0.25) is 0 Å². The Morgan fingerprint density at radius 2 is 1.88 bits per heavy atom. The Labute approximate surface area is 97.6 Å². The minimum absolute atomic E-state index is 0.0596. The van der Waals surface area contributed by atoms with Gasteiger partial charge in [0.25, 0.3) is 0 Å². The van der Waals surface area contributed by atoms with E-state index in [-0.39, 0.29) is 5.41 Å². The molecule has 100 valence electrons. The molecule has 0 aromatic heterocycles. The molecule has 1 saturated heterocycles. The van der Waals surface area contributed by atoms with Gasteiger partial charge >= 0.3 is 12.1 Å². The smallest absolute Gasteiger partial charge is 0.384 e. The van der Waals surface area contributed by atoms with E-state index in [4.69, 9.17) is 4.74 Å². The fraction of sp³-hybridized carbons (Fsp3) is 0.900. The van der Waals surface area contributed by atoms with Gasteiger partial charge in [0.05, 0.1) is 6.61 Å². The second kappa shape index (κ2) is 5.22. The molecule has 1 aliphatic heterocycles. The molecule has 1 fully saturated rings. The van der Waals surface area contributed by atoms with Crippen molar-refractivity contribution in [1.29, 1.82) is 0 Å². The lowest BCUT2D eigenvalue weighted by Gasteiger charge is -2.37. The van der Waals surface area contributed by atoms with Gasteiger partial charge in [-0.2, -0.15) is 13.2 Å². The van der Waals surface area contributed by atoms with Crippen molar-refractivity contribution in [3.8, 4) is 0 Å². The normalized spacial score (nSPS) is 21.2. The zero-order chi connectivity index (χ0) is 13.1. The van der Waals surface area contributed by atoms with Crippen LogP contribution in [0.25, 0.3) is 0 Å². The van der Waals surface area contributed by atoms with Crippen LogP contribution < -0.4 is 0 Å². The summed E-state index contributed by atoms with van der Waals surface area (Å²) in [5, 5.41) is 1.06. The van der Waals surface area contributed by atoms with Crippen LogP contribution in [0.1, 0.15) is 19.8 Å². The molecule has 0 atom stereocenters. The predicted octanol–water partition coefficient (Wildman–Crippen LogP) is 1.76. The van der Waals surface area contributed by atoms with Crippen LogP contribution in [0.4, 0.5) is 13.2 Å². The highest BCUT2D eigenvalue weighted by molar-refractivity contribution is 5.75. The minimum Gasteiger partial charge on any atom is -0.384 e. The summed E-state index contributed by atoms with van der Waals surface area (Å²) in [6, 6.07) is 0. The Hall–Kier alpha value is -0.820. The summed E-state index contributed by atoms with van der Waals surface area (Å²) in [4.78, 5) is 14.9. The summed E-state index contributed by atoms with van der Waals surface area (Å²) >= 11 is 0. The number of hydrogen-bond donors (Lipinski definition) is 0. The maximum atomic E-state index is 12.0. The second-order valence-electron chi connectivity index (χ2n) is 4.55. The summed E-state index contributed by atoms with van der Waals surface area (Å²) in [6.07, 6.45) is -3.68. The number of carbonyl (C=O) groups is 1. The molecule has 0 aromatic carbocycles. The molecular weight excluding hydrogens is 239 g/mol. The molecule has 0 N–H and O–H groups in total. The molecule has 0 aliphatic carbocycles. The van der Waals surface area contributed by atoms with Gasteiger partial charge in [-0.3, -0.25) is 0 Å². The van der Waals surface area contributed by atoms with E-state index in [1.807, 2.05) is 6.92 Å². The van der Waals surface area contributed by atoms with Crippen molar-refractivity contribution in [2.45, 2.75) is 25.9 Å². The third-order valence-electron chi connectivity index (χ3n) is 2.87. The quantitative estimate of drug-likeness (QED) is 0.770. The highest BCUT2D eigenvalue weighted by Crippen LogP contribution is 2.31. The molecule has 0 amide bonds. The number of methoxy groups -OCH3 is 1. The van der Waals surface area contributed by atoms with E-state index in [2.05, 4.69) is 4.84 Å². The molecule has 0 bridgehead atoms. The lowest BCUT2D eigenvalue weighted by molar-refractivity contribution is -0.244. The van der Waals surface area contributed by atoms with E-state index in [1.165, 1.54) is 0 Å². The van der Waals surface area contributed by atoms with Crippen molar-refractivity contribution in [2.75, 3.05) is 26.8 Å². The standard InChI is InChI=1S/C10H16F3NO3/c1-9(7-16-2)3-5-14(6-4-9)17-8(15)10(11,12)13/h3-7H2,1-2H3. The highest BCUT2D eigenvalue weighted by Gasteiger charge is 2.43. The highest BCUT2D eigenvalue weighted by atomic mass is 19.4. The van der Waals surface area contributed by atoms with Gasteiger partial charge in [0.15, 0.2) is 0 Å². The van der Waals surface area contributed by atoms with E-state index < -0.39 is 12.1 Å². The molecular formula is C10H16F3NO3. The fourth-order valence-corrected chi connectivity index (χ4v) is 1.78. The Bertz CT molecular complexity index is 272. The lowest BCUT2D eigenvalue weighted by atomic mass is 9.82. The summed E-state index contributed by atoms with van der Waals surface area (Å²) in [6.45, 7) is 3.14. The van der Waals surface area contributed by atoms with Gasteiger partial charge in [0, 0.05) is 20.2 Å². The number of hydrogen-bond acceptors (Lipinski definition) is 4. The van der Waals surface area contributed by atoms with Crippen LogP contribution in [0.5, 0.6) is 0 Å².